The number of rotatable bonds is 6. The molecule has 0 aliphatic heterocycles. The minimum absolute atomic E-state index is 0.0830. The van der Waals surface area contributed by atoms with Gasteiger partial charge in [0.25, 0.3) is 10.0 Å². The van der Waals surface area contributed by atoms with E-state index in [1.165, 1.54) is 29.5 Å². The second-order valence-corrected chi connectivity index (χ2v) is 10.1. The molecule has 172 valence electrons. The van der Waals surface area contributed by atoms with Crippen LogP contribution in [-0.2, 0) is 28.3 Å². The molecule has 2 aromatic heterocycles. The van der Waals surface area contributed by atoms with E-state index >= 15 is 0 Å². The first-order chi connectivity index (χ1) is 17.0. The van der Waals surface area contributed by atoms with Crippen molar-refractivity contribution in [2.45, 2.75) is 23.2 Å². The maximum atomic E-state index is 12.9. The Morgan fingerprint density at radius 1 is 0.943 bits per heavy atom. The van der Waals surface area contributed by atoms with E-state index in [1.54, 1.807) is 30.5 Å². The molecule has 0 atom stereocenters. The molecule has 2 aromatic carbocycles. The van der Waals surface area contributed by atoms with Crippen LogP contribution in [0.1, 0.15) is 22.4 Å². The molecule has 1 aliphatic carbocycles. The monoisotopic (exact) mass is 478 g/mol. The lowest BCUT2D eigenvalue weighted by Gasteiger charge is -2.23. The zero-order valence-electron chi connectivity index (χ0n) is 18.8. The molecular formula is C28H22N4O2S. The van der Waals surface area contributed by atoms with Gasteiger partial charge in [0.05, 0.1) is 16.0 Å². The third-order valence-corrected chi connectivity index (χ3v) is 7.71. The predicted molar refractivity (Wildman–Crippen MR) is 137 cm³/mol. The number of pyridine rings is 2. The van der Waals surface area contributed by atoms with E-state index in [9.17, 15) is 8.42 Å². The second kappa shape index (κ2) is 8.82. The number of fused-ring (bicyclic) bond motifs is 1. The highest BCUT2D eigenvalue weighted by Gasteiger charge is 2.38. The highest BCUT2D eigenvalue weighted by atomic mass is 32.2. The van der Waals surface area contributed by atoms with E-state index in [1.807, 2.05) is 24.3 Å². The molecule has 35 heavy (non-hydrogen) atoms. The lowest BCUT2D eigenvalue weighted by Crippen LogP contribution is -2.26. The van der Waals surface area contributed by atoms with Gasteiger partial charge in [0.2, 0.25) is 0 Å². The van der Waals surface area contributed by atoms with Gasteiger partial charge in [0.1, 0.15) is 5.82 Å². The quantitative estimate of drug-likeness (QED) is 0.312. The molecule has 2 heterocycles. The van der Waals surface area contributed by atoms with E-state index < -0.39 is 15.4 Å². The zero-order valence-corrected chi connectivity index (χ0v) is 19.6. The summed E-state index contributed by atoms with van der Waals surface area (Å²) < 4.78 is 28.3. The third kappa shape index (κ3) is 4.09. The average Bonchev–Trinajstić information content (AvgIpc) is 3.29. The molecule has 6 nitrogen and oxygen atoms in total. The highest BCUT2D eigenvalue weighted by molar-refractivity contribution is 7.92. The van der Waals surface area contributed by atoms with Crippen molar-refractivity contribution in [3.05, 3.63) is 108 Å². The smallest absolute Gasteiger partial charge is 0.263 e. The Labute approximate surface area is 204 Å². The molecule has 0 radical (unpaired) electrons. The Hall–Kier alpha value is -4.28. The first-order valence-corrected chi connectivity index (χ1v) is 12.5. The van der Waals surface area contributed by atoms with Crippen LogP contribution < -0.4 is 4.72 Å². The van der Waals surface area contributed by atoms with Gasteiger partial charge >= 0.3 is 0 Å². The Morgan fingerprint density at radius 2 is 1.60 bits per heavy atom. The number of anilines is 1. The van der Waals surface area contributed by atoms with E-state index in [4.69, 9.17) is 11.8 Å². The summed E-state index contributed by atoms with van der Waals surface area (Å²) in [6.07, 6.45) is 11.8. The second-order valence-electron chi connectivity index (χ2n) is 8.46. The van der Waals surface area contributed by atoms with Gasteiger partial charge in [0, 0.05) is 24.2 Å². The fourth-order valence-corrected chi connectivity index (χ4v) is 5.62. The van der Waals surface area contributed by atoms with Crippen molar-refractivity contribution in [3.63, 3.8) is 0 Å². The molecular weight excluding hydrogens is 456 g/mol. The molecule has 2 N–H and O–H groups in total. The number of nitrogens with zero attached hydrogens (tertiary/aromatic N) is 2. The lowest BCUT2D eigenvalue weighted by atomic mass is 9.81. The molecule has 1 aliphatic rings. The minimum Gasteiger partial charge on any atom is -0.308 e. The summed E-state index contributed by atoms with van der Waals surface area (Å²) in [7, 11) is -3.87. The molecule has 5 rings (SSSR count). The fourth-order valence-electron chi connectivity index (χ4n) is 4.57. The van der Waals surface area contributed by atoms with Crippen LogP contribution in [0.15, 0.2) is 90.1 Å². The summed E-state index contributed by atoms with van der Waals surface area (Å²) in [6.45, 7) is 0. The van der Waals surface area contributed by atoms with Crippen molar-refractivity contribution in [1.82, 2.24) is 9.97 Å². The van der Waals surface area contributed by atoms with Crippen LogP contribution in [0.25, 0.3) is 11.1 Å². The first-order valence-electron chi connectivity index (χ1n) is 11.0. The lowest BCUT2D eigenvalue weighted by molar-refractivity contribution is 0.576. The van der Waals surface area contributed by atoms with Gasteiger partial charge in [-0.3, -0.25) is 9.71 Å². The summed E-state index contributed by atoms with van der Waals surface area (Å²) in [5.41, 5.74) is 4.45. The van der Waals surface area contributed by atoms with Gasteiger partial charge in [-0.25, -0.2) is 13.4 Å². The van der Waals surface area contributed by atoms with Gasteiger partial charge in [-0.2, -0.15) is 0 Å². The topological polar surface area (TPSA) is 95.8 Å². The molecule has 0 unspecified atom stereocenters. The highest BCUT2D eigenvalue weighted by Crippen LogP contribution is 2.40. The third-order valence-electron chi connectivity index (χ3n) is 6.36. The van der Waals surface area contributed by atoms with Crippen LogP contribution in [0.3, 0.4) is 0 Å². The normalized spacial score (nSPS) is 14.0. The van der Waals surface area contributed by atoms with Crippen LogP contribution in [0.5, 0.6) is 0 Å². The van der Waals surface area contributed by atoms with Gasteiger partial charge in [0.15, 0.2) is 0 Å². The Balaban J connectivity index is 1.54. The maximum absolute atomic E-state index is 12.9. The molecule has 0 saturated heterocycles. The largest absolute Gasteiger partial charge is 0.308 e. The van der Waals surface area contributed by atoms with Crippen LogP contribution in [0.4, 0.5) is 5.82 Å². The molecule has 0 bridgehead atoms. The maximum Gasteiger partial charge on any atom is 0.263 e. The zero-order chi connectivity index (χ0) is 24.5. The van der Waals surface area contributed by atoms with Gasteiger partial charge in [-0.05, 0) is 65.4 Å². The summed E-state index contributed by atoms with van der Waals surface area (Å²) in [5.74, 6) is 3.08. The summed E-state index contributed by atoms with van der Waals surface area (Å²) >= 11 is 0. The van der Waals surface area contributed by atoms with Gasteiger partial charge < -0.3 is 5.41 Å². The molecule has 0 spiro atoms. The molecule has 0 saturated carbocycles. The van der Waals surface area contributed by atoms with Crippen molar-refractivity contribution in [3.8, 4) is 23.5 Å². The number of terminal acetylenes is 1. The standard InChI is InChI=1S/C28H22N4O2S/c1-2-28(17-21-8-6-7-9-22(21)18-28)26-16-20(12-14-30-26)24-13-15-31-27(25(24)19-29)32-35(33,34)23-10-4-3-5-11-23/h1,3-16,19,29H,17-18H2,(H,31,32). The van der Waals surface area contributed by atoms with Crippen LogP contribution in [0.2, 0.25) is 0 Å². The van der Waals surface area contributed by atoms with E-state index in [0.29, 0.717) is 24.0 Å². The first kappa shape index (κ1) is 22.5. The van der Waals surface area contributed by atoms with Crippen molar-refractivity contribution >= 4 is 22.1 Å². The molecule has 4 aromatic rings. The molecule has 0 fully saturated rings. The predicted octanol–water partition coefficient (Wildman–Crippen LogP) is 4.61. The molecule has 0 amide bonds. The molecule has 7 heteroatoms. The number of sulfonamides is 1. The average molecular weight is 479 g/mol. The van der Waals surface area contributed by atoms with Crippen molar-refractivity contribution in [2.24, 2.45) is 0 Å². The van der Waals surface area contributed by atoms with Crippen molar-refractivity contribution in [2.75, 3.05) is 4.72 Å². The van der Waals surface area contributed by atoms with Crippen LogP contribution in [0, 0.1) is 17.8 Å². The number of aromatic nitrogens is 2. The van der Waals surface area contributed by atoms with E-state index in [2.05, 4.69) is 32.7 Å². The Kier molecular flexibility index (Phi) is 5.67. The van der Waals surface area contributed by atoms with Crippen LogP contribution in [-0.4, -0.2) is 24.6 Å². The van der Waals surface area contributed by atoms with Gasteiger partial charge in [-0.15, -0.1) is 6.42 Å². The summed E-state index contributed by atoms with van der Waals surface area (Å²) in [6, 6.07) is 21.8. The number of benzene rings is 2. The van der Waals surface area contributed by atoms with E-state index in [0.717, 1.165) is 17.5 Å². The minimum atomic E-state index is -3.87. The van der Waals surface area contributed by atoms with Crippen molar-refractivity contribution in [1.29, 1.82) is 5.41 Å². The van der Waals surface area contributed by atoms with E-state index in [-0.39, 0.29) is 10.7 Å². The summed E-state index contributed by atoms with van der Waals surface area (Å²) in [5, 5.41) is 8.02. The van der Waals surface area contributed by atoms with Crippen molar-refractivity contribution < 1.29 is 8.42 Å². The van der Waals surface area contributed by atoms with Gasteiger partial charge in [-0.1, -0.05) is 48.4 Å². The fraction of sp³-hybridized carbons (Fsp3) is 0.107. The Morgan fingerprint density at radius 3 is 2.26 bits per heavy atom. The Bertz CT molecular complexity index is 1550. The number of hydrogen-bond donors (Lipinski definition) is 2. The number of nitrogens with one attached hydrogen (secondary N) is 2. The van der Waals surface area contributed by atoms with Crippen LogP contribution >= 0.6 is 0 Å². The number of hydrogen-bond acceptors (Lipinski definition) is 5. The summed E-state index contributed by atoms with van der Waals surface area (Å²) in [4.78, 5) is 8.95. The SMILES string of the molecule is C#CC1(c2cc(-c3ccnc(NS(=O)(=O)c4ccccc4)c3C=N)ccn2)Cc2ccccc2C1.